The van der Waals surface area contributed by atoms with Crippen LogP contribution in [0.4, 0.5) is 5.69 Å². The first kappa shape index (κ1) is 16.8. The molecule has 2 aromatic rings. The molecule has 26 heavy (non-hydrogen) atoms. The molecule has 0 N–H and O–H groups in total. The topological polar surface area (TPSA) is 55.8 Å². The third kappa shape index (κ3) is 2.80. The zero-order valence-electron chi connectivity index (χ0n) is 14.1. The highest BCUT2D eigenvalue weighted by Crippen LogP contribution is 2.42. The molecular weight excluding hydrogens is 398 g/mol. The summed E-state index contributed by atoms with van der Waals surface area (Å²) < 4.78 is 11.4. The Morgan fingerprint density at radius 1 is 1.08 bits per heavy atom. The molecule has 0 aliphatic carbocycles. The fourth-order valence-electron chi connectivity index (χ4n) is 3.46. The maximum atomic E-state index is 12.9. The standard InChI is InChI=1S/C20H16BrNO4/c1-25-15-8-2-12(3-9-15)16-10-18(23)22(14-6-4-13(21)5-7-14)17-11-26-20(24)19(16)17/h2-9,16H,10-11H2,1H3/t16-/m0/s1. The second-order valence-corrected chi connectivity index (χ2v) is 7.09. The molecule has 4 rings (SSSR count). The van der Waals surface area contributed by atoms with Crippen molar-refractivity contribution < 1.29 is 19.1 Å². The van der Waals surface area contributed by atoms with Crippen LogP contribution >= 0.6 is 15.9 Å². The number of cyclic esters (lactones) is 1. The van der Waals surface area contributed by atoms with Crippen molar-refractivity contribution in [2.24, 2.45) is 0 Å². The van der Waals surface area contributed by atoms with Crippen LogP contribution in [0.3, 0.4) is 0 Å². The van der Waals surface area contributed by atoms with E-state index in [4.69, 9.17) is 9.47 Å². The van der Waals surface area contributed by atoms with Gasteiger partial charge in [-0.3, -0.25) is 9.69 Å². The van der Waals surface area contributed by atoms with Crippen molar-refractivity contribution in [3.05, 3.63) is 69.8 Å². The zero-order valence-corrected chi connectivity index (χ0v) is 15.7. The van der Waals surface area contributed by atoms with Crippen molar-refractivity contribution in [1.82, 2.24) is 0 Å². The van der Waals surface area contributed by atoms with Crippen LogP contribution in [-0.2, 0) is 14.3 Å². The van der Waals surface area contributed by atoms with E-state index in [2.05, 4.69) is 15.9 Å². The third-order valence-electron chi connectivity index (χ3n) is 4.72. The summed E-state index contributed by atoms with van der Waals surface area (Å²) in [5, 5.41) is 0. The summed E-state index contributed by atoms with van der Waals surface area (Å²) in [6.07, 6.45) is 0.219. The van der Waals surface area contributed by atoms with Gasteiger partial charge in [0.25, 0.3) is 0 Å². The lowest BCUT2D eigenvalue weighted by Crippen LogP contribution is -2.37. The van der Waals surface area contributed by atoms with Gasteiger partial charge in [0.15, 0.2) is 0 Å². The summed E-state index contributed by atoms with van der Waals surface area (Å²) >= 11 is 3.40. The summed E-state index contributed by atoms with van der Waals surface area (Å²) in [5.74, 6) is 0.0290. The minimum atomic E-state index is -0.351. The van der Waals surface area contributed by atoms with Gasteiger partial charge in [-0.25, -0.2) is 4.79 Å². The molecule has 6 heteroatoms. The van der Waals surface area contributed by atoms with Crippen LogP contribution in [0.1, 0.15) is 17.9 Å². The molecule has 2 heterocycles. The van der Waals surface area contributed by atoms with Crippen LogP contribution in [0.25, 0.3) is 0 Å². The lowest BCUT2D eigenvalue weighted by Gasteiger charge is -2.32. The van der Waals surface area contributed by atoms with E-state index >= 15 is 0 Å². The van der Waals surface area contributed by atoms with Crippen molar-refractivity contribution in [1.29, 1.82) is 0 Å². The van der Waals surface area contributed by atoms with E-state index in [1.807, 2.05) is 48.5 Å². The maximum Gasteiger partial charge on any atom is 0.336 e. The average Bonchev–Trinajstić information content (AvgIpc) is 3.04. The van der Waals surface area contributed by atoms with Gasteiger partial charge in [-0.1, -0.05) is 28.1 Å². The van der Waals surface area contributed by atoms with Gasteiger partial charge in [-0.15, -0.1) is 0 Å². The van der Waals surface area contributed by atoms with E-state index in [-0.39, 0.29) is 30.8 Å². The Balaban J connectivity index is 1.78. The highest BCUT2D eigenvalue weighted by molar-refractivity contribution is 9.10. The van der Waals surface area contributed by atoms with Crippen LogP contribution < -0.4 is 9.64 Å². The monoisotopic (exact) mass is 413 g/mol. The number of amides is 1. The maximum absolute atomic E-state index is 12.9. The number of carbonyl (C=O) groups is 2. The Morgan fingerprint density at radius 2 is 1.77 bits per heavy atom. The summed E-state index contributed by atoms with van der Waals surface area (Å²) in [6, 6.07) is 14.9. The fraction of sp³-hybridized carbons (Fsp3) is 0.200. The molecule has 132 valence electrons. The van der Waals surface area contributed by atoms with Gasteiger partial charge >= 0.3 is 5.97 Å². The first-order valence-electron chi connectivity index (χ1n) is 8.21. The van der Waals surface area contributed by atoms with E-state index in [1.54, 1.807) is 12.0 Å². The smallest absolute Gasteiger partial charge is 0.336 e. The van der Waals surface area contributed by atoms with Gasteiger partial charge in [0, 0.05) is 22.5 Å². The highest BCUT2D eigenvalue weighted by Gasteiger charge is 2.42. The minimum Gasteiger partial charge on any atom is -0.497 e. The Hall–Kier alpha value is -2.60. The Morgan fingerprint density at radius 3 is 2.42 bits per heavy atom. The lowest BCUT2D eigenvalue weighted by atomic mass is 9.84. The van der Waals surface area contributed by atoms with Gasteiger partial charge < -0.3 is 9.47 Å². The molecular formula is C20H16BrNO4. The highest BCUT2D eigenvalue weighted by atomic mass is 79.9. The van der Waals surface area contributed by atoms with Crippen molar-refractivity contribution in [2.45, 2.75) is 12.3 Å². The second-order valence-electron chi connectivity index (χ2n) is 6.17. The third-order valence-corrected chi connectivity index (χ3v) is 5.25. The Kier molecular flexibility index (Phi) is 4.28. The second kappa shape index (κ2) is 6.61. The Bertz CT molecular complexity index is 902. The number of rotatable bonds is 3. The van der Waals surface area contributed by atoms with Crippen molar-refractivity contribution in [3.63, 3.8) is 0 Å². The first-order valence-corrected chi connectivity index (χ1v) is 9.00. The molecule has 2 aliphatic rings. The van der Waals surface area contributed by atoms with Crippen molar-refractivity contribution in [2.75, 3.05) is 18.6 Å². The predicted octanol–water partition coefficient (Wildman–Crippen LogP) is 3.79. The fourth-order valence-corrected chi connectivity index (χ4v) is 3.73. The van der Waals surface area contributed by atoms with E-state index < -0.39 is 0 Å². The first-order chi connectivity index (χ1) is 12.6. The lowest BCUT2D eigenvalue weighted by molar-refractivity contribution is -0.136. The van der Waals surface area contributed by atoms with Gasteiger partial charge in [0.05, 0.1) is 18.4 Å². The van der Waals surface area contributed by atoms with Gasteiger partial charge in [0.2, 0.25) is 5.91 Å². The number of anilines is 1. The molecule has 1 amide bonds. The molecule has 5 nitrogen and oxygen atoms in total. The predicted molar refractivity (Wildman–Crippen MR) is 100.0 cm³/mol. The molecule has 0 radical (unpaired) electrons. The number of methoxy groups -OCH3 is 1. The number of carbonyl (C=O) groups excluding carboxylic acids is 2. The van der Waals surface area contributed by atoms with Crippen LogP contribution in [-0.4, -0.2) is 25.6 Å². The summed E-state index contributed by atoms with van der Waals surface area (Å²) in [7, 11) is 1.60. The number of halogens is 1. The SMILES string of the molecule is COc1ccc([C@@H]2CC(=O)N(c3ccc(Br)cc3)C3=C2C(=O)OC3)cc1. The molecule has 0 unspecified atom stereocenters. The van der Waals surface area contributed by atoms with Gasteiger partial charge in [0.1, 0.15) is 12.4 Å². The van der Waals surface area contributed by atoms with E-state index in [1.165, 1.54) is 0 Å². The minimum absolute atomic E-state index is 0.0507. The number of nitrogens with zero attached hydrogens (tertiary/aromatic N) is 1. The summed E-state index contributed by atoms with van der Waals surface area (Å²) in [5.41, 5.74) is 2.84. The normalized spacial score (nSPS) is 19.5. The number of benzene rings is 2. The van der Waals surface area contributed by atoms with E-state index in [0.29, 0.717) is 11.3 Å². The molecule has 2 aromatic carbocycles. The van der Waals surface area contributed by atoms with E-state index in [0.717, 1.165) is 21.5 Å². The number of hydrogen-bond acceptors (Lipinski definition) is 4. The zero-order chi connectivity index (χ0) is 18.3. The molecule has 0 saturated carbocycles. The van der Waals surface area contributed by atoms with Crippen LogP contribution in [0, 0.1) is 0 Å². The van der Waals surface area contributed by atoms with Crippen LogP contribution in [0.5, 0.6) is 5.75 Å². The molecule has 0 bridgehead atoms. The summed E-state index contributed by atoms with van der Waals surface area (Å²) in [6.45, 7) is 0.114. The number of hydrogen-bond donors (Lipinski definition) is 0. The molecule has 1 atom stereocenters. The van der Waals surface area contributed by atoms with Gasteiger partial charge in [-0.2, -0.15) is 0 Å². The van der Waals surface area contributed by atoms with Gasteiger partial charge in [-0.05, 0) is 42.0 Å². The van der Waals surface area contributed by atoms with E-state index in [9.17, 15) is 9.59 Å². The number of esters is 1. The Labute approximate surface area is 159 Å². The van der Waals surface area contributed by atoms with Crippen LogP contribution in [0.15, 0.2) is 64.3 Å². The molecule has 0 aromatic heterocycles. The van der Waals surface area contributed by atoms with Crippen molar-refractivity contribution in [3.8, 4) is 5.75 Å². The largest absolute Gasteiger partial charge is 0.497 e. The molecule has 0 fully saturated rings. The molecule has 0 saturated heterocycles. The summed E-state index contributed by atoms with van der Waals surface area (Å²) in [4.78, 5) is 26.9. The molecule has 2 aliphatic heterocycles. The average molecular weight is 414 g/mol. The van der Waals surface area contributed by atoms with Crippen LogP contribution in [0.2, 0.25) is 0 Å². The number of ether oxygens (including phenoxy) is 2. The quantitative estimate of drug-likeness (QED) is 0.718. The van der Waals surface area contributed by atoms with Crippen molar-refractivity contribution >= 4 is 33.5 Å². The molecule has 0 spiro atoms.